The summed E-state index contributed by atoms with van der Waals surface area (Å²) in [5.74, 6) is 1.35. The molecule has 1 aromatic rings. The molecule has 0 bridgehead atoms. The number of carbonyl (C=O) groups excluding carboxylic acids is 1. The molecule has 24 heavy (non-hydrogen) atoms. The zero-order valence-corrected chi connectivity index (χ0v) is 15.2. The number of benzene rings is 1. The van der Waals surface area contributed by atoms with Crippen molar-refractivity contribution >= 4 is 5.78 Å². The standard InChI is InChI=1S/C21H31FO2/c1-4-6-14(2)20(13-21(24)15(3)23)19-8-5-7-18(19)16-9-11-17(22)12-10-16/h9-12,14,18-21,24H,4-8,13H2,1-3H3/t14?,18?,19?,20-,21?/m0/s1. The van der Waals surface area contributed by atoms with E-state index in [0.29, 0.717) is 30.1 Å². The van der Waals surface area contributed by atoms with Crippen molar-refractivity contribution in [2.75, 3.05) is 0 Å². The van der Waals surface area contributed by atoms with E-state index in [1.807, 2.05) is 12.1 Å². The number of hydrogen-bond acceptors (Lipinski definition) is 2. The highest BCUT2D eigenvalue weighted by atomic mass is 19.1. The van der Waals surface area contributed by atoms with Crippen molar-refractivity contribution in [2.24, 2.45) is 17.8 Å². The highest BCUT2D eigenvalue weighted by Gasteiger charge is 2.38. The largest absolute Gasteiger partial charge is 0.385 e. The molecule has 1 fully saturated rings. The minimum Gasteiger partial charge on any atom is -0.385 e. The third kappa shape index (κ3) is 4.66. The van der Waals surface area contributed by atoms with Crippen LogP contribution in [0, 0.1) is 23.6 Å². The van der Waals surface area contributed by atoms with E-state index >= 15 is 0 Å². The molecule has 1 aliphatic rings. The summed E-state index contributed by atoms with van der Waals surface area (Å²) in [5.41, 5.74) is 1.20. The van der Waals surface area contributed by atoms with Gasteiger partial charge in [-0.15, -0.1) is 0 Å². The number of carbonyl (C=O) groups is 1. The van der Waals surface area contributed by atoms with Gasteiger partial charge in [0.15, 0.2) is 5.78 Å². The van der Waals surface area contributed by atoms with Crippen molar-refractivity contribution in [3.8, 4) is 0 Å². The summed E-state index contributed by atoms with van der Waals surface area (Å²) in [6, 6.07) is 6.89. The summed E-state index contributed by atoms with van der Waals surface area (Å²) in [7, 11) is 0. The smallest absolute Gasteiger partial charge is 0.158 e. The van der Waals surface area contributed by atoms with Crippen LogP contribution >= 0.6 is 0 Å². The van der Waals surface area contributed by atoms with Crippen LogP contribution < -0.4 is 0 Å². The Hall–Kier alpha value is -1.22. The molecule has 2 rings (SSSR count). The maximum Gasteiger partial charge on any atom is 0.158 e. The highest BCUT2D eigenvalue weighted by molar-refractivity contribution is 5.80. The van der Waals surface area contributed by atoms with Gasteiger partial charge in [0.1, 0.15) is 11.9 Å². The second-order valence-corrected chi connectivity index (χ2v) is 7.54. The third-order valence-corrected chi connectivity index (χ3v) is 5.86. The van der Waals surface area contributed by atoms with Crippen molar-refractivity contribution in [3.05, 3.63) is 35.6 Å². The summed E-state index contributed by atoms with van der Waals surface area (Å²) in [6.07, 6.45) is 5.33. The number of halogens is 1. The van der Waals surface area contributed by atoms with E-state index in [-0.39, 0.29) is 11.6 Å². The van der Waals surface area contributed by atoms with Crippen molar-refractivity contribution in [1.82, 2.24) is 0 Å². The van der Waals surface area contributed by atoms with Gasteiger partial charge in [0.05, 0.1) is 0 Å². The summed E-state index contributed by atoms with van der Waals surface area (Å²) in [4.78, 5) is 11.6. The molecule has 0 spiro atoms. The lowest BCUT2D eigenvalue weighted by molar-refractivity contribution is -0.126. The van der Waals surface area contributed by atoms with Gasteiger partial charge >= 0.3 is 0 Å². The normalized spacial score (nSPS) is 24.5. The first-order valence-corrected chi connectivity index (χ1v) is 9.38. The first kappa shape index (κ1) is 19.1. The van der Waals surface area contributed by atoms with Crippen LogP contribution in [-0.2, 0) is 4.79 Å². The first-order valence-electron chi connectivity index (χ1n) is 9.38. The van der Waals surface area contributed by atoms with E-state index in [0.717, 1.165) is 32.1 Å². The zero-order chi connectivity index (χ0) is 17.7. The number of aliphatic hydroxyl groups excluding tert-OH is 1. The van der Waals surface area contributed by atoms with E-state index in [9.17, 15) is 14.3 Å². The molecule has 1 N–H and O–H groups in total. The van der Waals surface area contributed by atoms with Crippen molar-refractivity contribution in [3.63, 3.8) is 0 Å². The van der Waals surface area contributed by atoms with Crippen LogP contribution in [0.3, 0.4) is 0 Å². The fraction of sp³-hybridized carbons (Fsp3) is 0.667. The zero-order valence-electron chi connectivity index (χ0n) is 15.2. The molecule has 3 heteroatoms. The molecule has 0 aliphatic heterocycles. The average Bonchev–Trinajstić information content (AvgIpc) is 3.02. The van der Waals surface area contributed by atoms with Crippen LogP contribution in [0.25, 0.3) is 0 Å². The van der Waals surface area contributed by atoms with Crippen LogP contribution in [0.4, 0.5) is 4.39 Å². The van der Waals surface area contributed by atoms with Gasteiger partial charge in [0, 0.05) is 0 Å². The van der Waals surface area contributed by atoms with Crippen LogP contribution in [0.15, 0.2) is 24.3 Å². The monoisotopic (exact) mass is 334 g/mol. The van der Waals surface area contributed by atoms with E-state index in [2.05, 4.69) is 13.8 Å². The van der Waals surface area contributed by atoms with Crippen molar-refractivity contribution < 1.29 is 14.3 Å². The number of rotatable bonds is 8. The number of Topliss-reactive ketones (excluding diaryl/α,β-unsaturated/α-hetero) is 1. The summed E-state index contributed by atoms with van der Waals surface area (Å²) >= 11 is 0. The van der Waals surface area contributed by atoms with Gasteiger partial charge in [-0.25, -0.2) is 4.39 Å². The lowest BCUT2D eigenvalue weighted by atomic mass is 9.71. The molecule has 134 valence electrons. The van der Waals surface area contributed by atoms with E-state index in [1.54, 1.807) is 12.1 Å². The van der Waals surface area contributed by atoms with Gasteiger partial charge in [0.25, 0.3) is 0 Å². The molecule has 0 heterocycles. The van der Waals surface area contributed by atoms with Gasteiger partial charge in [-0.2, -0.15) is 0 Å². The molecule has 1 aromatic carbocycles. The third-order valence-electron chi connectivity index (χ3n) is 5.86. The Balaban J connectivity index is 2.22. The van der Waals surface area contributed by atoms with E-state index in [4.69, 9.17) is 0 Å². The molecule has 5 atom stereocenters. The van der Waals surface area contributed by atoms with Gasteiger partial charge in [-0.3, -0.25) is 4.79 Å². The highest BCUT2D eigenvalue weighted by Crippen LogP contribution is 2.47. The molecule has 4 unspecified atom stereocenters. The summed E-state index contributed by atoms with van der Waals surface area (Å²) < 4.78 is 13.2. The fourth-order valence-corrected chi connectivity index (χ4v) is 4.55. The van der Waals surface area contributed by atoms with Crippen LogP contribution in [0.5, 0.6) is 0 Å². The topological polar surface area (TPSA) is 37.3 Å². The maximum absolute atomic E-state index is 13.2. The van der Waals surface area contributed by atoms with Gasteiger partial charge < -0.3 is 5.11 Å². The SMILES string of the molecule is CCCC(C)[C@H](CC(O)C(C)=O)C1CCCC1c1ccc(F)cc1. The van der Waals surface area contributed by atoms with Crippen LogP contribution in [0.1, 0.15) is 70.8 Å². The minimum absolute atomic E-state index is 0.139. The number of ketones is 1. The molecular formula is C21H31FO2. The molecule has 0 radical (unpaired) electrons. The van der Waals surface area contributed by atoms with E-state index < -0.39 is 6.10 Å². The second kappa shape index (κ2) is 8.75. The Kier molecular flexibility index (Phi) is 6.97. The second-order valence-electron chi connectivity index (χ2n) is 7.54. The Morgan fingerprint density at radius 3 is 2.54 bits per heavy atom. The molecular weight excluding hydrogens is 303 g/mol. The predicted molar refractivity (Wildman–Crippen MR) is 95.3 cm³/mol. The fourth-order valence-electron chi connectivity index (χ4n) is 4.55. The Morgan fingerprint density at radius 1 is 1.29 bits per heavy atom. The first-order chi connectivity index (χ1) is 11.4. The van der Waals surface area contributed by atoms with Gasteiger partial charge in [-0.05, 0) is 67.6 Å². The molecule has 1 saturated carbocycles. The molecule has 2 nitrogen and oxygen atoms in total. The summed E-state index contributed by atoms with van der Waals surface area (Å²) in [6.45, 7) is 5.90. The molecule has 0 saturated heterocycles. The Labute approximate surface area is 145 Å². The lowest BCUT2D eigenvalue weighted by Crippen LogP contribution is -2.31. The van der Waals surface area contributed by atoms with Gasteiger partial charge in [0.2, 0.25) is 0 Å². The molecule has 0 amide bonds. The van der Waals surface area contributed by atoms with Crippen LogP contribution in [0.2, 0.25) is 0 Å². The predicted octanol–water partition coefficient (Wildman–Crippen LogP) is 5.10. The molecule has 1 aliphatic carbocycles. The van der Waals surface area contributed by atoms with Crippen molar-refractivity contribution in [1.29, 1.82) is 0 Å². The quantitative estimate of drug-likeness (QED) is 0.718. The average molecular weight is 334 g/mol. The van der Waals surface area contributed by atoms with E-state index in [1.165, 1.54) is 12.5 Å². The van der Waals surface area contributed by atoms with Gasteiger partial charge in [-0.1, -0.05) is 45.2 Å². The molecule has 0 aromatic heterocycles. The number of hydrogen-bond donors (Lipinski definition) is 1. The summed E-state index contributed by atoms with van der Waals surface area (Å²) in [5, 5.41) is 10.2. The Morgan fingerprint density at radius 2 is 1.96 bits per heavy atom. The number of aliphatic hydroxyl groups is 1. The Bertz CT molecular complexity index is 525. The minimum atomic E-state index is -0.858. The maximum atomic E-state index is 13.2. The van der Waals surface area contributed by atoms with Crippen molar-refractivity contribution in [2.45, 2.75) is 71.3 Å². The lowest BCUT2D eigenvalue weighted by Gasteiger charge is -2.34. The van der Waals surface area contributed by atoms with Crippen LogP contribution in [-0.4, -0.2) is 17.0 Å².